The predicted octanol–water partition coefficient (Wildman–Crippen LogP) is 3.00. The number of hydrogen-bond donors (Lipinski definition) is 2. The second-order valence-corrected chi connectivity index (χ2v) is 6.50. The third-order valence-corrected chi connectivity index (χ3v) is 4.22. The van der Waals surface area contributed by atoms with Crippen molar-refractivity contribution in [1.29, 1.82) is 0 Å². The molecule has 3 rings (SSSR count). The number of hydrazone groups is 1. The first kappa shape index (κ1) is 17.6. The third-order valence-electron chi connectivity index (χ3n) is 3.69. The lowest BCUT2D eigenvalue weighted by atomic mass is 10.0. The number of nitrogens with two attached hydrogens (primary N) is 1. The zero-order valence-electron chi connectivity index (χ0n) is 12.9. The summed E-state index contributed by atoms with van der Waals surface area (Å²) >= 11 is 3.26. The number of benzene rings is 1. The van der Waals surface area contributed by atoms with E-state index in [0.717, 1.165) is 4.47 Å². The molecule has 2 heterocycles. The van der Waals surface area contributed by atoms with E-state index < -0.39 is 18.3 Å². The van der Waals surface area contributed by atoms with Gasteiger partial charge in [-0.3, -0.25) is 0 Å². The van der Waals surface area contributed by atoms with Crippen LogP contribution in [0.5, 0.6) is 0 Å². The molecule has 1 aromatic carbocycles. The fourth-order valence-corrected chi connectivity index (χ4v) is 2.76. The molecule has 1 aromatic heterocycles. The predicted molar refractivity (Wildman–Crippen MR) is 90.0 cm³/mol. The van der Waals surface area contributed by atoms with Crippen molar-refractivity contribution in [3.8, 4) is 0 Å². The maximum absolute atomic E-state index is 13.6. The number of anilines is 2. The van der Waals surface area contributed by atoms with Gasteiger partial charge in [0.1, 0.15) is 0 Å². The minimum Gasteiger partial charge on any atom is -0.368 e. The molecule has 3 N–H and O–H groups in total. The van der Waals surface area contributed by atoms with E-state index in [1.54, 1.807) is 31.2 Å². The number of aryl methyl sites for hydroxylation is 1. The van der Waals surface area contributed by atoms with Crippen LogP contribution in [0.1, 0.15) is 17.7 Å². The zero-order valence-corrected chi connectivity index (χ0v) is 14.5. The van der Waals surface area contributed by atoms with E-state index in [1.807, 2.05) is 0 Å². The van der Waals surface area contributed by atoms with Crippen LogP contribution in [-0.4, -0.2) is 32.7 Å². The van der Waals surface area contributed by atoms with Crippen LogP contribution in [0.2, 0.25) is 0 Å². The Bertz CT molecular complexity index is 820. The Kier molecular flexibility index (Phi) is 4.20. The molecule has 0 bridgehead atoms. The van der Waals surface area contributed by atoms with Crippen LogP contribution in [0.25, 0.3) is 0 Å². The highest BCUT2D eigenvalue weighted by Crippen LogP contribution is 2.43. The van der Waals surface area contributed by atoms with Gasteiger partial charge >= 0.3 is 6.18 Å². The first-order valence-corrected chi connectivity index (χ1v) is 7.93. The van der Waals surface area contributed by atoms with E-state index in [2.05, 4.69) is 31.0 Å². The molecular weight excluding hydrogens is 403 g/mol. The number of hydrogen-bond acceptors (Lipinski definition) is 6. The highest BCUT2D eigenvalue weighted by atomic mass is 79.9. The molecule has 1 unspecified atom stereocenters. The molecule has 10 heteroatoms. The summed E-state index contributed by atoms with van der Waals surface area (Å²) in [5.74, 6) is -0.427. The van der Waals surface area contributed by atoms with Crippen molar-refractivity contribution < 1.29 is 18.3 Å². The Morgan fingerprint density at radius 1 is 1.24 bits per heavy atom. The summed E-state index contributed by atoms with van der Waals surface area (Å²) in [5, 5.41) is 14.8. The molecule has 0 fully saturated rings. The lowest BCUT2D eigenvalue weighted by Gasteiger charge is -2.33. The monoisotopic (exact) mass is 415 g/mol. The molecule has 0 saturated carbocycles. The van der Waals surface area contributed by atoms with Gasteiger partial charge in [-0.2, -0.15) is 23.3 Å². The Morgan fingerprint density at radius 2 is 1.88 bits per heavy atom. The molecule has 1 aliphatic rings. The van der Waals surface area contributed by atoms with Gasteiger partial charge in [-0.15, -0.1) is 0 Å². The van der Waals surface area contributed by atoms with E-state index in [9.17, 15) is 18.3 Å². The molecule has 0 aliphatic carbocycles. The number of aromatic nitrogens is 2. The van der Waals surface area contributed by atoms with Crippen molar-refractivity contribution in [2.45, 2.75) is 25.2 Å². The normalized spacial score (nSPS) is 20.7. The van der Waals surface area contributed by atoms with E-state index in [1.165, 1.54) is 6.07 Å². The summed E-state index contributed by atoms with van der Waals surface area (Å²) in [6.45, 7) is 1.56. The fraction of sp³-hybridized carbons (Fsp3) is 0.267. The van der Waals surface area contributed by atoms with Gasteiger partial charge < -0.3 is 10.8 Å². The molecule has 6 nitrogen and oxygen atoms in total. The first-order valence-electron chi connectivity index (χ1n) is 7.14. The van der Waals surface area contributed by atoms with Gasteiger partial charge in [-0.25, -0.2) is 9.99 Å². The summed E-state index contributed by atoms with van der Waals surface area (Å²) in [6, 6.07) is 7.87. The lowest BCUT2D eigenvalue weighted by Crippen LogP contribution is -2.55. The van der Waals surface area contributed by atoms with Crippen LogP contribution in [0.15, 0.2) is 39.9 Å². The van der Waals surface area contributed by atoms with Crippen LogP contribution in [0, 0.1) is 6.92 Å². The third kappa shape index (κ3) is 3.19. The molecule has 25 heavy (non-hydrogen) atoms. The molecule has 0 spiro atoms. The van der Waals surface area contributed by atoms with Crippen LogP contribution in [0.4, 0.5) is 24.9 Å². The average molecular weight is 416 g/mol. The average Bonchev–Trinajstić information content (AvgIpc) is 2.86. The molecule has 0 saturated heterocycles. The van der Waals surface area contributed by atoms with Gasteiger partial charge in [0, 0.05) is 16.2 Å². The zero-order chi connectivity index (χ0) is 18.4. The van der Waals surface area contributed by atoms with Crippen molar-refractivity contribution in [2.75, 3.05) is 10.7 Å². The van der Waals surface area contributed by atoms with E-state index in [-0.39, 0.29) is 17.5 Å². The summed E-state index contributed by atoms with van der Waals surface area (Å²) in [6.07, 6.45) is -5.69. The van der Waals surface area contributed by atoms with Crippen LogP contribution in [0.3, 0.4) is 0 Å². The Labute approximate surface area is 149 Å². The first-order chi connectivity index (χ1) is 11.6. The topological polar surface area (TPSA) is 87.6 Å². The van der Waals surface area contributed by atoms with Crippen molar-refractivity contribution in [2.24, 2.45) is 5.10 Å². The van der Waals surface area contributed by atoms with E-state index in [4.69, 9.17) is 5.73 Å². The number of nitrogen functional groups attached to an aromatic ring is 1. The van der Waals surface area contributed by atoms with Gasteiger partial charge in [0.2, 0.25) is 5.95 Å². The van der Waals surface area contributed by atoms with Gasteiger partial charge in [0.15, 0.2) is 5.82 Å². The van der Waals surface area contributed by atoms with Crippen molar-refractivity contribution in [1.82, 2.24) is 9.97 Å². The summed E-state index contributed by atoms with van der Waals surface area (Å²) < 4.78 is 41.5. The minimum atomic E-state index is -4.96. The molecule has 1 aliphatic heterocycles. The van der Waals surface area contributed by atoms with Crippen molar-refractivity contribution >= 4 is 33.4 Å². The molecule has 1 atom stereocenters. The Balaban J connectivity index is 2.11. The second kappa shape index (κ2) is 5.95. The highest BCUT2D eigenvalue weighted by molar-refractivity contribution is 9.10. The molecule has 0 radical (unpaired) electrons. The van der Waals surface area contributed by atoms with Crippen molar-refractivity contribution in [3.63, 3.8) is 0 Å². The van der Waals surface area contributed by atoms with Gasteiger partial charge in [0.05, 0.1) is 12.1 Å². The maximum Gasteiger partial charge on any atom is 0.438 e. The van der Waals surface area contributed by atoms with Crippen LogP contribution in [-0.2, 0) is 0 Å². The highest BCUT2D eigenvalue weighted by Gasteiger charge is 2.62. The molecule has 2 aromatic rings. The van der Waals surface area contributed by atoms with Crippen LogP contribution < -0.4 is 10.7 Å². The summed E-state index contributed by atoms with van der Waals surface area (Å²) in [4.78, 5) is 7.61. The van der Waals surface area contributed by atoms with Gasteiger partial charge in [0.25, 0.3) is 5.72 Å². The van der Waals surface area contributed by atoms with Gasteiger partial charge in [-0.05, 0) is 24.6 Å². The van der Waals surface area contributed by atoms with Gasteiger partial charge in [-0.1, -0.05) is 28.1 Å². The molecule has 132 valence electrons. The number of alkyl halides is 3. The minimum absolute atomic E-state index is 0.0853. The molecular formula is C15H13BrF3N5O. The quantitative estimate of drug-likeness (QED) is 0.786. The Hall–Kier alpha value is -2.20. The summed E-state index contributed by atoms with van der Waals surface area (Å²) in [7, 11) is 0. The summed E-state index contributed by atoms with van der Waals surface area (Å²) in [5.41, 5.74) is 3.21. The van der Waals surface area contributed by atoms with E-state index in [0.29, 0.717) is 16.3 Å². The second-order valence-electron chi connectivity index (χ2n) is 5.58. The SMILES string of the molecule is Cc1cc(N2N=C(c3ccc(Br)cc3)CC2(O)C(F)(F)F)nc(N)n1. The Morgan fingerprint density at radius 3 is 2.44 bits per heavy atom. The van der Waals surface area contributed by atoms with E-state index >= 15 is 0 Å². The smallest absolute Gasteiger partial charge is 0.368 e. The van der Waals surface area contributed by atoms with Crippen LogP contribution >= 0.6 is 15.9 Å². The number of aliphatic hydroxyl groups is 1. The largest absolute Gasteiger partial charge is 0.438 e. The maximum atomic E-state index is 13.6. The van der Waals surface area contributed by atoms with Crippen molar-refractivity contribution in [3.05, 3.63) is 46.1 Å². The lowest BCUT2D eigenvalue weighted by molar-refractivity contribution is -0.254. The fourth-order valence-electron chi connectivity index (χ4n) is 2.49. The molecule has 0 amide bonds. The standard InChI is InChI=1S/C15H13BrF3N5O/c1-8-6-12(22-13(20)21-8)24-14(25,15(17,18)19)7-11(23-24)9-2-4-10(16)5-3-9/h2-6,25H,7H2,1H3,(H2,20,21,22). The number of nitrogens with zero attached hydrogens (tertiary/aromatic N) is 4. The number of halogens is 4. The number of rotatable bonds is 2.